The Kier molecular flexibility index (Phi) is 7.35. The Bertz CT molecular complexity index is 912. The molecular formula is C23H30N4O6. The van der Waals surface area contributed by atoms with E-state index in [1.807, 2.05) is 0 Å². The molecule has 1 N–H and O–H groups in total. The van der Waals surface area contributed by atoms with E-state index < -0.39 is 11.7 Å². The van der Waals surface area contributed by atoms with Gasteiger partial charge in [0.2, 0.25) is 11.8 Å². The SMILES string of the molecule is CC(C)(C)OC(=O)NCCC(=O)N1CCN(C(=O)CCN2C(=O)c3ccccc3C2=O)CC1. The second-order valence-corrected chi connectivity index (χ2v) is 9.00. The molecule has 0 aromatic heterocycles. The van der Waals surface area contributed by atoms with Crippen LogP contribution in [0.1, 0.15) is 54.3 Å². The number of imide groups is 1. The number of fused-ring (bicyclic) bond motifs is 1. The molecule has 33 heavy (non-hydrogen) atoms. The molecule has 10 nitrogen and oxygen atoms in total. The predicted molar refractivity (Wildman–Crippen MR) is 118 cm³/mol. The van der Waals surface area contributed by atoms with Crippen molar-refractivity contribution in [2.75, 3.05) is 39.3 Å². The van der Waals surface area contributed by atoms with Crippen molar-refractivity contribution in [2.24, 2.45) is 0 Å². The molecule has 2 heterocycles. The van der Waals surface area contributed by atoms with Gasteiger partial charge in [0.25, 0.3) is 11.8 Å². The van der Waals surface area contributed by atoms with Gasteiger partial charge in [0.1, 0.15) is 5.60 Å². The van der Waals surface area contributed by atoms with Gasteiger partial charge < -0.3 is 19.9 Å². The minimum atomic E-state index is -0.601. The maximum atomic E-state index is 12.6. The Balaban J connectivity index is 1.38. The number of hydrogen-bond donors (Lipinski definition) is 1. The molecule has 1 fully saturated rings. The summed E-state index contributed by atoms with van der Waals surface area (Å²) in [7, 11) is 0. The highest BCUT2D eigenvalue weighted by Crippen LogP contribution is 2.22. The summed E-state index contributed by atoms with van der Waals surface area (Å²) in [6, 6.07) is 6.62. The Morgan fingerprint density at radius 2 is 1.36 bits per heavy atom. The fraction of sp³-hybridized carbons (Fsp3) is 0.522. The van der Waals surface area contributed by atoms with Crippen LogP contribution in [-0.2, 0) is 14.3 Å². The van der Waals surface area contributed by atoms with Crippen molar-refractivity contribution in [1.29, 1.82) is 0 Å². The van der Waals surface area contributed by atoms with Crippen LogP contribution in [0.5, 0.6) is 0 Å². The number of nitrogens with one attached hydrogen (secondary N) is 1. The van der Waals surface area contributed by atoms with Gasteiger partial charge in [0.05, 0.1) is 11.1 Å². The van der Waals surface area contributed by atoms with E-state index in [9.17, 15) is 24.0 Å². The maximum absolute atomic E-state index is 12.6. The summed E-state index contributed by atoms with van der Waals surface area (Å²) in [6.07, 6.45) is -0.379. The first-order valence-electron chi connectivity index (χ1n) is 11.0. The van der Waals surface area contributed by atoms with Crippen LogP contribution < -0.4 is 5.32 Å². The van der Waals surface area contributed by atoms with Crippen LogP contribution in [0.25, 0.3) is 0 Å². The van der Waals surface area contributed by atoms with Crippen LogP contribution in [0.2, 0.25) is 0 Å². The molecule has 0 saturated carbocycles. The lowest BCUT2D eigenvalue weighted by Gasteiger charge is -2.35. The molecule has 0 atom stereocenters. The number of benzene rings is 1. The first kappa shape index (κ1) is 24.2. The zero-order chi connectivity index (χ0) is 24.2. The molecule has 0 aliphatic carbocycles. The van der Waals surface area contributed by atoms with Gasteiger partial charge in [-0.05, 0) is 32.9 Å². The van der Waals surface area contributed by atoms with E-state index in [4.69, 9.17) is 4.74 Å². The monoisotopic (exact) mass is 458 g/mol. The van der Waals surface area contributed by atoms with Crippen LogP contribution in [0, 0.1) is 0 Å². The number of carbonyl (C=O) groups excluding carboxylic acids is 5. The average molecular weight is 459 g/mol. The zero-order valence-electron chi connectivity index (χ0n) is 19.3. The Morgan fingerprint density at radius 3 is 1.85 bits per heavy atom. The van der Waals surface area contributed by atoms with Crippen LogP contribution in [0.4, 0.5) is 4.79 Å². The number of alkyl carbamates (subject to hydrolysis) is 1. The molecule has 3 rings (SSSR count). The molecule has 2 aliphatic rings. The highest BCUT2D eigenvalue weighted by molar-refractivity contribution is 6.21. The molecule has 1 aromatic carbocycles. The lowest BCUT2D eigenvalue weighted by Crippen LogP contribution is -2.51. The summed E-state index contributed by atoms with van der Waals surface area (Å²) >= 11 is 0. The number of hydrogen-bond acceptors (Lipinski definition) is 6. The fourth-order valence-electron chi connectivity index (χ4n) is 3.76. The number of ether oxygens (including phenoxy) is 1. The minimum Gasteiger partial charge on any atom is -0.444 e. The lowest BCUT2D eigenvalue weighted by molar-refractivity contribution is -0.139. The molecule has 2 aliphatic heterocycles. The third kappa shape index (κ3) is 6.09. The fourth-order valence-corrected chi connectivity index (χ4v) is 3.76. The first-order valence-corrected chi connectivity index (χ1v) is 11.0. The summed E-state index contributed by atoms with van der Waals surface area (Å²) < 4.78 is 5.13. The standard InChI is InChI=1S/C23H30N4O6/c1-23(2,3)33-22(32)24-10-8-18(28)25-12-14-26(15-13-25)19(29)9-11-27-20(30)16-6-4-5-7-17(16)21(27)31/h4-7H,8-15H2,1-3H3,(H,24,32). The van der Waals surface area contributed by atoms with E-state index in [1.54, 1.807) is 54.8 Å². The number of nitrogens with zero attached hydrogens (tertiary/aromatic N) is 3. The van der Waals surface area contributed by atoms with E-state index in [2.05, 4.69) is 5.32 Å². The van der Waals surface area contributed by atoms with Gasteiger partial charge in [0, 0.05) is 52.1 Å². The molecule has 178 valence electrons. The molecule has 10 heteroatoms. The quantitative estimate of drug-likeness (QED) is 0.642. The summed E-state index contributed by atoms with van der Waals surface area (Å²) in [5.41, 5.74) is 0.127. The maximum Gasteiger partial charge on any atom is 0.407 e. The molecule has 0 bridgehead atoms. The highest BCUT2D eigenvalue weighted by atomic mass is 16.6. The smallest absolute Gasteiger partial charge is 0.407 e. The van der Waals surface area contributed by atoms with E-state index in [0.29, 0.717) is 37.3 Å². The third-order valence-corrected chi connectivity index (χ3v) is 5.42. The van der Waals surface area contributed by atoms with E-state index in [0.717, 1.165) is 4.90 Å². The van der Waals surface area contributed by atoms with Gasteiger partial charge in [-0.1, -0.05) is 12.1 Å². The van der Waals surface area contributed by atoms with Crippen molar-refractivity contribution >= 4 is 29.7 Å². The van der Waals surface area contributed by atoms with Crippen molar-refractivity contribution in [3.63, 3.8) is 0 Å². The van der Waals surface area contributed by atoms with Crippen LogP contribution in [-0.4, -0.2) is 89.3 Å². The van der Waals surface area contributed by atoms with Crippen molar-refractivity contribution in [1.82, 2.24) is 20.0 Å². The Labute approximate surface area is 192 Å². The van der Waals surface area contributed by atoms with Gasteiger partial charge in [-0.15, -0.1) is 0 Å². The van der Waals surface area contributed by atoms with E-state index >= 15 is 0 Å². The normalized spacial score (nSPS) is 16.0. The first-order chi connectivity index (χ1) is 15.6. The number of rotatable bonds is 6. The van der Waals surface area contributed by atoms with Crippen molar-refractivity contribution in [3.05, 3.63) is 35.4 Å². The third-order valence-electron chi connectivity index (χ3n) is 5.42. The predicted octanol–water partition coefficient (Wildman–Crippen LogP) is 1.26. The molecule has 0 unspecified atom stereocenters. The molecule has 1 aromatic rings. The van der Waals surface area contributed by atoms with Crippen LogP contribution >= 0.6 is 0 Å². The summed E-state index contributed by atoms with van der Waals surface area (Å²) in [5.74, 6) is -1.02. The average Bonchev–Trinajstić information content (AvgIpc) is 3.01. The number of amides is 5. The second kappa shape index (κ2) is 10.0. The van der Waals surface area contributed by atoms with Crippen LogP contribution in [0.15, 0.2) is 24.3 Å². The molecule has 5 amide bonds. The van der Waals surface area contributed by atoms with Gasteiger partial charge in [-0.25, -0.2) is 4.79 Å². The van der Waals surface area contributed by atoms with E-state index in [1.165, 1.54) is 0 Å². The molecule has 1 saturated heterocycles. The Morgan fingerprint density at radius 1 is 0.879 bits per heavy atom. The van der Waals surface area contributed by atoms with E-state index in [-0.39, 0.29) is 49.6 Å². The van der Waals surface area contributed by atoms with Gasteiger partial charge in [0.15, 0.2) is 0 Å². The summed E-state index contributed by atoms with van der Waals surface area (Å²) in [6.45, 7) is 7.04. The van der Waals surface area contributed by atoms with Gasteiger partial charge in [-0.2, -0.15) is 0 Å². The number of carbonyl (C=O) groups is 5. The van der Waals surface area contributed by atoms with Gasteiger partial charge in [-0.3, -0.25) is 24.1 Å². The van der Waals surface area contributed by atoms with Crippen molar-refractivity contribution < 1.29 is 28.7 Å². The number of piperazine rings is 1. The topological polar surface area (TPSA) is 116 Å². The molecule has 0 radical (unpaired) electrons. The molecular weight excluding hydrogens is 428 g/mol. The molecule has 0 spiro atoms. The van der Waals surface area contributed by atoms with Gasteiger partial charge >= 0.3 is 6.09 Å². The minimum absolute atomic E-state index is 0.0284. The summed E-state index contributed by atoms with van der Waals surface area (Å²) in [4.78, 5) is 65.8. The van der Waals surface area contributed by atoms with Crippen molar-refractivity contribution in [2.45, 2.75) is 39.2 Å². The zero-order valence-corrected chi connectivity index (χ0v) is 19.3. The second-order valence-electron chi connectivity index (χ2n) is 9.00. The van der Waals surface area contributed by atoms with Crippen molar-refractivity contribution in [3.8, 4) is 0 Å². The summed E-state index contributed by atoms with van der Waals surface area (Å²) in [5, 5.41) is 2.56. The lowest BCUT2D eigenvalue weighted by atomic mass is 10.1. The largest absolute Gasteiger partial charge is 0.444 e. The Hall–Kier alpha value is -3.43. The highest BCUT2D eigenvalue weighted by Gasteiger charge is 2.35. The van der Waals surface area contributed by atoms with Crippen LogP contribution in [0.3, 0.4) is 0 Å².